The number of carbonyl (C=O) groups is 1. The number of hydrogen-bond donors (Lipinski definition) is 0. The Balaban J connectivity index is 1.94. The Hall–Kier alpha value is -1.20. The van der Waals surface area contributed by atoms with Crippen molar-refractivity contribution in [2.75, 3.05) is 6.61 Å². The van der Waals surface area contributed by atoms with Crippen molar-refractivity contribution in [3.05, 3.63) is 38.5 Å². The van der Waals surface area contributed by atoms with Gasteiger partial charge >= 0.3 is 5.97 Å². The first kappa shape index (κ1) is 12.3. The van der Waals surface area contributed by atoms with E-state index in [1.165, 1.54) is 4.88 Å². The first-order chi connectivity index (χ1) is 8.28. The van der Waals surface area contributed by atoms with Gasteiger partial charge in [0.2, 0.25) is 0 Å². The van der Waals surface area contributed by atoms with Gasteiger partial charge in [0.05, 0.1) is 23.7 Å². The number of aromatic nitrogens is 1. The van der Waals surface area contributed by atoms with Gasteiger partial charge in [0.25, 0.3) is 0 Å². The average molecular weight is 267 g/mol. The van der Waals surface area contributed by atoms with Crippen LogP contribution in [0.4, 0.5) is 0 Å². The van der Waals surface area contributed by atoms with Crippen molar-refractivity contribution in [3.63, 3.8) is 0 Å². The van der Waals surface area contributed by atoms with E-state index in [0.29, 0.717) is 6.61 Å². The fourth-order valence-electron chi connectivity index (χ4n) is 1.43. The van der Waals surface area contributed by atoms with Crippen LogP contribution in [0.5, 0.6) is 0 Å². The Morgan fingerprint density at radius 2 is 2.35 bits per heavy atom. The van der Waals surface area contributed by atoms with E-state index in [1.54, 1.807) is 29.6 Å². The lowest BCUT2D eigenvalue weighted by Crippen LogP contribution is -2.07. The molecule has 2 aromatic rings. The molecule has 0 fully saturated rings. The SMILES string of the molecule is CCOC(=O)Cc1csc(Cc2cccs2)n1. The molecule has 2 rings (SSSR count). The number of carbonyl (C=O) groups excluding carboxylic acids is 1. The first-order valence-corrected chi connectivity index (χ1v) is 7.15. The molecule has 3 nitrogen and oxygen atoms in total. The molecule has 0 aliphatic rings. The van der Waals surface area contributed by atoms with Crippen molar-refractivity contribution in [1.29, 1.82) is 0 Å². The molecule has 0 N–H and O–H groups in total. The minimum atomic E-state index is -0.208. The minimum absolute atomic E-state index is 0.208. The van der Waals surface area contributed by atoms with Gasteiger partial charge in [-0.05, 0) is 18.4 Å². The molecule has 2 heterocycles. The Morgan fingerprint density at radius 1 is 1.47 bits per heavy atom. The predicted molar refractivity (Wildman–Crippen MR) is 69.6 cm³/mol. The van der Waals surface area contributed by atoms with E-state index in [4.69, 9.17) is 4.74 Å². The average Bonchev–Trinajstić information content (AvgIpc) is 2.91. The van der Waals surface area contributed by atoms with E-state index < -0.39 is 0 Å². The molecule has 0 aliphatic carbocycles. The third-order valence-electron chi connectivity index (χ3n) is 2.14. The van der Waals surface area contributed by atoms with E-state index in [2.05, 4.69) is 16.4 Å². The molecular formula is C12H13NO2S2. The molecule has 90 valence electrons. The maximum atomic E-state index is 11.3. The zero-order chi connectivity index (χ0) is 12.1. The second-order valence-corrected chi connectivity index (χ2v) is 5.45. The zero-order valence-corrected chi connectivity index (χ0v) is 11.1. The molecule has 17 heavy (non-hydrogen) atoms. The highest BCUT2D eigenvalue weighted by atomic mass is 32.1. The third kappa shape index (κ3) is 3.64. The van der Waals surface area contributed by atoms with E-state index in [0.717, 1.165) is 17.1 Å². The van der Waals surface area contributed by atoms with Gasteiger partial charge in [0.15, 0.2) is 0 Å². The highest BCUT2D eigenvalue weighted by molar-refractivity contribution is 7.11. The number of esters is 1. The number of thiazole rings is 1. The van der Waals surface area contributed by atoms with E-state index >= 15 is 0 Å². The second kappa shape index (κ2) is 5.93. The highest BCUT2D eigenvalue weighted by Crippen LogP contribution is 2.18. The van der Waals surface area contributed by atoms with E-state index in [9.17, 15) is 4.79 Å². The number of rotatable bonds is 5. The lowest BCUT2D eigenvalue weighted by Gasteiger charge is -1.98. The quantitative estimate of drug-likeness (QED) is 0.782. The number of hydrogen-bond acceptors (Lipinski definition) is 5. The van der Waals surface area contributed by atoms with Crippen LogP contribution < -0.4 is 0 Å². The monoisotopic (exact) mass is 267 g/mol. The molecule has 0 aliphatic heterocycles. The van der Waals surface area contributed by atoms with Crippen molar-refractivity contribution < 1.29 is 9.53 Å². The van der Waals surface area contributed by atoms with Crippen LogP contribution in [0.2, 0.25) is 0 Å². The maximum Gasteiger partial charge on any atom is 0.311 e. The van der Waals surface area contributed by atoms with Crippen molar-refractivity contribution in [2.24, 2.45) is 0 Å². The van der Waals surface area contributed by atoms with Gasteiger partial charge in [0.1, 0.15) is 0 Å². The summed E-state index contributed by atoms with van der Waals surface area (Å²) < 4.78 is 4.89. The van der Waals surface area contributed by atoms with Crippen LogP contribution in [-0.2, 0) is 22.4 Å². The standard InChI is InChI=1S/C12H13NO2S2/c1-2-15-12(14)6-9-8-17-11(13-9)7-10-4-3-5-16-10/h3-5,8H,2,6-7H2,1H3. The molecule has 0 spiro atoms. The van der Waals surface area contributed by atoms with Crippen LogP contribution in [0.3, 0.4) is 0 Å². The summed E-state index contributed by atoms with van der Waals surface area (Å²) in [4.78, 5) is 17.0. The Morgan fingerprint density at radius 3 is 3.06 bits per heavy atom. The minimum Gasteiger partial charge on any atom is -0.466 e. The number of ether oxygens (including phenoxy) is 1. The summed E-state index contributed by atoms with van der Waals surface area (Å²) in [6.45, 7) is 2.23. The summed E-state index contributed by atoms with van der Waals surface area (Å²) in [5.74, 6) is -0.208. The highest BCUT2D eigenvalue weighted by Gasteiger charge is 2.08. The molecule has 0 unspecified atom stereocenters. The Kier molecular flexibility index (Phi) is 4.28. The largest absolute Gasteiger partial charge is 0.466 e. The molecular weight excluding hydrogens is 254 g/mol. The topological polar surface area (TPSA) is 39.2 Å². The van der Waals surface area contributed by atoms with Gasteiger partial charge in [-0.1, -0.05) is 6.07 Å². The van der Waals surface area contributed by atoms with Gasteiger partial charge in [0, 0.05) is 16.7 Å². The maximum absolute atomic E-state index is 11.3. The van der Waals surface area contributed by atoms with Crippen molar-refractivity contribution >= 4 is 28.6 Å². The van der Waals surface area contributed by atoms with Gasteiger partial charge in [-0.2, -0.15) is 0 Å². The molecule has 0 bridgehead atoms. The van der Waals surface area contributed by atoms with Crippen molar-refractivity contribution in [3.8, 4) is 0 Å². The summed E-state index contributed by atoms with van der Waals surface area (Å²) in [5, 5.41) is 5.04. The number of thiophene rings is 1. The van der Waals surface area contributed by atoms with Crippen molar-refractivity contribution in [2.45, 2.75) is 19.8 Å². The molecule has 0 saturated heterocycles. The molecule has 0 aromatic carbocycles. The van der Waals surface area contributed by atoms with Crippen LogP contribution in [0.15, 0.2) is 22.9 Å². The molecule has 5 heteroatoms. The molecule has 0 atom stereocenters. The molecule has 0 amide bonds. The van der Waals surface area contributed by atoms with E-state index in [-0.39, 0.29) is 12.4 Å². The normalized spacial score (nSPS) is 10.4. The lowest BCUT2D eigenvalue weighted by atomic mass is 10.3. The summed E-state index contributed by atoms with van der Waals surface area (Å²) in [6, 6.07) is 4.13. The molecule has 0 radical (unpaired) electrons. The molecule has 0 saturated carbocycles. The summed E-state index contributed by atoms with van der Waals surface area (Å²) in [5.41, 5.74) is 0.806. The van der Waals surface area contributed by atoms with Gasteiger partial charge in [-0.25, -0.2) is 4.98 Å². The zero-order valence-electron chi connectivity index (χ0n) is 9.51. The van der Waals surface area contributed by atoms with Crippen LogP contribution in [0.25, 0.3) is 0 Å². The predicted octanol–water partition coefficient (Wildman–Crippen LogP) is 2.90. The fourth-order valence-corrected chi connectivity index (χ4v) is 3.05. The Bertz CT molecular complexity index is 476. The van der Waals surface area contributed by atoms with Crippen LogP contribution in [0, 0.1) is 0 Å². The van der Waals surface area contributed by atoms with Gasteiger partial charge in [-0.3, -0.25) is 4.79 Å². The van der Waals surface area contributed by atoms with E-state index in [1.807, 2.05) is 11.4 Å². The van der Waals surface area contributed by atoms with Crippen LogP contribution >= 0.6 is 22.7 Å². The second-order valence-electron chi connectivity index (χ2n) is 3.47. The lowest BCUT2D eigenvalue weighted by molar-refractivity contribution is -0.142. The first-order valence-electron chi connectivity index (χ1n) is 5.39. The smallest absolute Gasteiger partial charge is 0.311 e. The third-order valence-corrected chi connectivity index (χ3v) is 3.91. The van der Waals surface area contributed by atoms with Crippen molar-refractivity contribution in [1.82, 2.24) is 4.98 Å². The summed E-state index contributed by atoms with van der Waals surface area (Å²) in [6.07, 6.45) is 1.12. The number of nitrogens with zero attached hydrogens (tertiary/aromatic N) is 1. The fraction of sp³-hybridized carbons (Fsp3) is 0.333. The van der Waals surface area contributed by atoms with Crippen LogP contribution in [0.1, 0.15) is 22.5 Å². The summed E-state index contributed by atoms with van der Waals surface area (Å²) in [7, 11) is 0. The Labute approximate surface area is 108 Å². The van der Waals surface area contributed by atoms with Gasteiger partial charge in [-0.15, -0.1) is 22.7 Å². The summed E-state index contributed by atoms with van der Waals surface area (Å²) >= 11 is 3.32. The van der Waals surface area contributed by atoms with Gasteiger partial charge < -0.3 is 4.74 Å². The van der Waals surface area contributed by atoms with Crippen LogP contribution in [-0.4, -0.2) is 17.6 Å². The molecule has 2 aromatic heterocycles.